The molecule has 0 unspecified atom stereocenters. The maximum Gasteiger partial charge on any atom is 0.340 e. The molecule has 1 saturated heterocycles. The van der Waals surface area contributed by atoms with Gasteiger partial charge in [0, 0.05) is 24.8 Å². The number of ether oxygens (including phenoxy) is 1. The van der Waals surface area contributed by atoms with Crippen LogP contribution in [0, 0.1) is 12.8 Å². The summed E-state index contributed by atoms with van der Waals surface area (Å²) in [6.45, 7) is 8.41. The van der Waals surface area contributed by atoms with Crippen molar-refractivity contribution in [3.05, 3.63) is 41.6 Å². The zero-order chi connectivity index (χ0) is 18.5. The van der Waals surface area contributed by atoms with Crippen LogP contribution in [0.5, 0.6) is 0 Å². The van der Waals surface area contributed by atoms with Crippen LogP contribution in [0.2, 0.25) is 0 Å². The minimum atomic E-state index is -0.353. The second kappa shape index (κ2) is 8.17. The Morgan fingerprint density at radius 3 is 2.73 bits per heavy atom. The van der Waals surface area contributed by atoms with Gasteiger partial charge in [0.1, 0.15) is 5.82 Å². The molecule has 2 aromatic rings. The van der Waals surface area contributed by atoms with Gasteiger partial charge >= 0.3 is 5.97 Å². The van der Waals surface area contributed by atoms with Crippen LogP contribution in [-0.2, 0) is 4.74 Å². The molecule has 1 aliphatic rings. The number of rotatable bonds is 5. The van der Waals surface area contributed by atoms with Crippen molar-refractivity contribution in [3.63, 3.8) is 0 Å². The van der Waals surface area contributed by atoms with Crippen molar-refractivity contribution < 1.29 is 9.53 Å². The molecule has 1 N–H and O–H groups in total. The predicted molar refractivity (Wildman–Crippen MR) is 103 cm³/mol. The Balaban J connectivity index is 1.84. The van der Waals surface area contributed by atoms with Crippen molar-refractivity contribution in [2.24, 2.45) is 5.92 Å². The van der Waals surface area contributed by atoms with Crippen molar-refractivity contribution in [2.45, 2.75) is 33.6 Å². The SMILES string of the molecule is CCOC(=O)c1ccccc1Nc1nc(C)cc(N2CCC(C)CC2)n1. The van der Waals surface area contributed by atoms with Gasteiger partial charge in [-0.15, -0.1) is 0 Å². The number of nitrogens with zero attached hydrogens (tertiary/aromatic N) is 3. The van der Waals surface area contributed by atoms with E-state index in [4.69, 9.17) is 4.74 Å². The molecule has 138 valence electrons. The fourth-order valence-corrected chi connectivity index (χ4v) is 3.11. The summed E-state index contributed by atoms with van der Waals surface area (Å²) in [4.78, 5) is 23.6. The van der Waals surface area contributed by atoms with Gasteiger partial charge < -0.3 is 15.0 Å². The number of esters is 1. The molecule has 0 radical (unpaired) electrons. The first kappa shape index (κ1) is 18.2. The van der Waals surface area contributed by atoms with Crippen LogP contribution in [0.3, 0.4) is 0 Å². The van der Waals surface area contributed by atoms with E-state index >= 15 is 0 Å². The molecule has 0 aliphatic carbocycles. The topological polar surface area (TPSA) is 67.3 Å². The standard InChI is InChI=1S/C20H26N4O2/c1-4-26-19(25)16-7-5-6-8-17(16)22-20-21-15(3)13-18(23-20)24-11-9-14(2)10-12-24/h5-8,13-14H,4,9-12H2,1-3H3,(H,21,22,23). The number of carbonyl (C=O) groups excluding carboxylic acids is 1. The van der Waals surface area contributed by atoms with Gasteiger partial charge in [-0.3, -0.25) is 0 Å². The minimum absolute atomic E-state index is 0.339. The monoisotopic (exact) mass is 354 g/mol. The molecular formula is C20H26N4O2. The second-order valence-corrected chi connectivity index (χ2v) is 6.75. The number of aromatic nitrogens is 2. The molecule has 6 nitrogen and oxygen atoms in total. The largest absolute Gasteiger partial charge is 0.462 e. The number of carbonyl (C=O) groups is 1. The molecule has 2 heterocycles. The molecule has 0 saturated carbocycles. The highest BCUT2D eigenvalue weighted by Gasteiger charge is 2.19. The highest BCUT2D eigenvalue weighted by atomic mass is 16.5. The first-order valence-corrected chi connectivity index (χ1v) is 9.20. The normalized spacial score (nSPS) is 15.0. The van der Waals surface area contributed by atoms with Crippen molar-refractivity contribution >= 4 is 23.4 Å². The van der Waals surface area contributed by atoms with E-state index < -0.39 is 0 Å². The molecule has 1 aliphatic heterocycles. The highest BCUT2D eigenvalue weighted by Crippen LogP contribution is 2.25. The van der Waals surface area contributed by atoms with Gasteiger partial charge in [0.2, 0.25) is 5.95 Å². The molecule has 0 bridgehead atoms. The number of nitrogens with one attached hydrogen (secondary N) is 1. The number of aryl methyl sites for hydroxylation is 1. The maximum atomic E-state index is 12.2. The van der Waals surface area contributed by atoms with E-state index in [0.717, 1.165) is 30.5 Å². The smallest absolute Gasteiger partial charge is 0.340 e. The van der Waals surface area contributed by atoms with Crippen LogP contribution in [-0.4, -0.2) is 35.6 Å². The Morgan fingerprint density at radius 2 is 2.00 bits per heavy atom. The predicted octanol–water partition coefficient (Wildman–Crippen LogP) is 3.94. The third kappa shape index (κ3) is 4.31. The molecule has 1 aromatic carbocycles. The van der Waals surface area contributed by atoms with Crippen molar-refractivity contribution in [3.8, 4) is 0 Å². The van der Waals surface area contributed by atoms with Crippen molar-refractivity contribution in [1.29, 1.82) is 0 Å². The van der Waals surface area contributed by atoms with Crippen LogP contribution >= 0.6 is 0 Å². The lowest BCUT2D eigenvalue weighted by Crippen LogP contribution is -2.33. The third-order valence-corrected chi connectivity index (χ3v) is 4.62. The van der Waals surface area contributed by atoms with Gasteiger partial charge in [-0.25, -0.2) is 9.78 Å². The van der Waals surface area contributed by atoms with Gasteiger partial charge in [-0.2, -0.15) is 4.98 Å². The maximum absolute atomic E-state index is 12.2. The average molecular weight is 354 g/mol. The average Bonchev–Trinajstić information content (AvgIpc) is 2.62. The Kier molecular flexibility index (Phi) is 5.71. The summed E-state index contributed by atoms with van der Waals surface area (Å²) in [6, 6.07) is 9.27. The first-order valence-electron chi connectivity index (χ1n) is 9.20. The van der Waals surface area contributed by atoms with Gasteiger partial charge in [0.15, 0.2) is 0 Å². The summed E-state index contributed by atoms with van der Waals surface area (Å²) >= 11 is 0. The molecular weight excluding hydrogens is 328 g/mol. The molecule has 0 amide bonds. The number of para-hydroxylation sites is 1. The number of hydrogen-bond donors (Lipinski definition) is 1. The summed E-state index contributed by atoms with van der Waals surface area (Å²) in [5, 5.41) is 3.19. The number of piperidine rings is 1. The summed E-state index contributed by atoms with van der Waals surface area (Å²) in [5.74, 6) is 1.84. The van der Waals surface area contributed by atoms with E-state index in [0.29, 0.717) is 23.8 Å². The Labute approximate surface area is 154 Å². The molecule has 0 atom stereocenters. The third-order valence-electron chi connectivity index (χ3n) is 4.62. The fraction of sp³-hybridized carbons (Fsp3) is 0.450. The molecule has 6 heteroatoms. The Bertz CT molecular complexity index is 770. The molecule has 26 heavy (non-hydrogen) atoms. The van der Waals surface area contributed by atoms with Gasteiger partial charge in [0.25, 0.3) is 0 Å². The number of hydrogen-bond acceptors (Lipinski definition) is 6. The van der Waals surface area contributed by atoms with E-state index in [1.54, 1.807) is 13.0 Å². The summed E-state index contributed by atoms with van der Waals surface area (Å²) in [6.07, 6.45) is 2.36. The van der Waals surface area contributed by atoms with Crippen LogP contribution in [0.25, 0.3) is 0 Å². The zero-order valence-corrected chi connectivity index (χ0v) is 15.7. The Hall–Kier alpha value is -2.63. The fourth-order valence-electron chi connectivity index (χ4n) is 3.11. The first-order chi connectivity index (χ1) is 12.6. The molecule has 3 rings (SSSR count). The lowest BCUT2D eigenvalue weighted by Gasteiger charge is -2.31. The van der Waals surface area contributed by atoms with Crippen LogP contribution in [0.4, 0.5) is 17.5 Å². The van der Waals surface area contributed by atoms with E-state index in [2.05, 4.69) is 27.1 Å². The van der Waals surface area contributed by atoms with E-state index in [-0.39, 0.29) is 5.97 Å². The van der Waals surface area contributed by atoms with E-state index in [9.17, 15) is 4.79 Å². The van der Waals surface area contributed by atoms with Crippen LogP contribution in [0.1, 0.15) is 42.7 Å². The summed E-state index contributed by atoms with van der Waals surface area (Å²) < 4.78 is 5.13. The molecule has 1 aromatic heterocycles. The quantitative estimate of drug-likeness (QED) is 0.820. The minimum Gasteiger partial charge on any atom is -0.462 e. The summed E-state index contributed by atoms with van der Waals surface area (Å²) in [7, 11) is 0. The van der Waals surface area contributed by atoms with Crippen LogP contribution in [0.15, 0.2) is 30.3 Å². The number of anilines is 3. The van der Waals surface area contributed by atoms with Crippen molar-refractivity contribution in [1.82, 2.24) is 9.97 Å². The number of benzene rings is 1. The van der Waals surface area contributed by atoms with Crippen LogP contribution < -0.4 is 10.2 Å². The van der Waals surface area contributed by atoms with E-state index in [1.165, 1.54) is 12.8 Å². The summed E-state index contributed by atoms with van der Waals surface area (Å²) in [5.41, 5.74) is 2.02. The molecule has 1 fully saturated rings. The van der Waals surface area contributed by atoms with Crippen molar-refractivity contribution in [2.75, 3.05) is 29.9 Å². The lowest BCUT2D eigenvalue weighted by atomic mass is 9.99. The van der Waals surface area contributed by atoms with Gasteiger partial charge in [-0.05, 0) is 44.7 Å². The second-order valence-electron chi connectivity index (χ2n) is 6.75. The zero-order valence-electron chi connectivity index (χ0n) is 15.7. The highest BCUT2D eigenvalue weighted by molar-refractivity contribution is 5.96. The van der Waals surface area contributed by atoms with Gasteiger partial charge in [0.05, 0.1) is 17.9 Å². The van der Waals surface area contributed by atoms with E-state index in [1.807, 2.05) is 31.2 Å². The van der Waals surface area contributed by atoms with Gasteiger partial charge in [-0.1, -0.05) is 19.1 Å². The molecule has 0 spiro atoms. The Morgan fingerprint density at radius 1 is 1.27 bits per heavy atom. The lowest BCUT2D eigenvalue weighted by molar-refractivity contribution is 0.0527.